The van der Waals surface area contributed by atoms with Gasteiger partial charge in [0.05, 0.1) is 11.0 Å². The van der Waals surface area contributed by atoms with Gasteiger partial charge in [0, 0.05) is 18.8 Å². The van der Waals surface area contributed by atoms with E-state index in [0.29, 0.717) is 5.88 Å². The fraction of sp³-hybridized carbons (Fsp3) is 0.278. The number of fused-ring (bicyclic) bond motifs is 1. The minimum Gasteiger partial charge on any atom is -0.323 e. The van der Waals surface area contributed by atoms with E-state index in [0.717, 1.165) is 24.3 Å². The Labute approximate surface area is 130 Å². The zero-order chi connectivity index (χ0) is 14.8. The summed E-state index contributed by atoms with van der Waals surface area (Å²) in [6.07, 6.45) is 0.793. The molecule has 0 aliphatic rings. The number of rotatable bonds is 4. The van der Waals surface area contributed by atoms with Gasteiger partial charge in [-0.15, -0.1) is 11.6 Å². The molecule has 1 heterocycles. The number of benzene rings is 2. The first-order valence-electron chi connectivity index (χ1n) is 7.26. The molecule has 1 aromatic heterocycles. The molecule has 0 bridgehead atoms. The Balaban J connectivity index is 2.13. The lowest BCUT2D eigenvalue weighted by Gasteiger charge is -2.11. The molecule has 0 saturated carbocycles. The fourth-order valence-electron chi connectivity index (χ4n) is 2.74. The van der Waals surface area contributed by atoms with Crippen LogP contribution in [0.25, 0.3) is 11.0 Å². The van der Waals surface area contributed by atoms with Gasteiger partial charge in [0.15, 0.2) is 0 Å². The lowest BCUT2D eigenvalue weighted by Crippen LogP contribution is -2.07. The topological polar surface area (TPSA) is 17.8 Å². The number of hydrogen-bond acceptors (Lipinski definition) is 1. The van der Waals surface area contributed by atoms with Crippen molar-refractivity contribution in [1.82, 2.24) is 9.55 Å². The van der Waals surface area contributed by atoms with Crippen molar-refractivity contribution < 1.29 is 0 Å². The Kier molecular flexibility index (Phi) is 3.98. The summed E-state index contributed by atoms with van der Waals surface area (Å²) in [5.74, 6) is 1.66. The van der Waals surface area contributed by atoms with E-state index in [-0.39, 0.29) is 0 Å². The fourth-order valence-corrected chi connectivity index (χ4v) is 2.91. The quantitative estimate of drug-likeness (QED) is 0.649. The second-order valence-electron chi connectivity index (χ2n) is 5.42. The molecule has 0 amide bonds. The minimum absolute atomic E-state index is 0.593. The Hall–Kier alpha value is -1.80. The summed E-state index contributed by atoms with van der Waals surface area (Å²) in [4.78, 5) is 4.81. The maximum atomic E-state index is 5.96. The molecule has 0 spiro atoms. The van der Waals surface area contributed by atoms with Crippen LogP contribution in [0.15, 0.2) is 42.5 Å². The molecule has 2 aromatic carbocycles. The molecule has 108 valence electrons. The number of nitrogens with zero attached hydrogens (tertiary/aromatic N) is 2. The lowest BCUT2D eigenvalue weighted by atomic mass is 10.1. The number of aromatic nitrogens is 2. The molecule has 0 unspecified atom stereocenters. The van der Waals surface area contributed by atoms with Gasteiger partial charge in [-0.3, -0.25) is 0 Å². The summed E-state index contributed by atoms with van der Waals surface area (Å²) in [5, 5.41) is 0. The van der Waals surface area contributed by atoms with Crippen LogP contribution in [0.2, 0.25) is 0 Å². The second kappa shape index (κ2) is 5.90. The van der Waals surface area contributed by atoms with Crippen LogP contribution in [0, 0.1) is 13.8 Å². The molecule has 0 saturated heterocycles. The van der Waals surface area contributed by atoms with Crippen LogP contribution in [0.4, 0.5) is 0 Å². The molecular weight excluding hydrogens is 280 g/mol. The number of halogens is 1. The number of alkyl halides is 1. The summed E-state index contributed by atoms with van der Waals surface area (Å²) >= 11 is 5.96. The predicted molar refractivity (Wildman–Crippen MR) is 89.2 cm³/mol. The van der Waals surface area contributed by atoms with E-state index >= 15 is 0 Å². The van der Waals surface area contributed by atoms with Gasteiger partial charge in [-0.2, -0.15) is 0 Å². The van der Waals surface area contributed by atoms with Crippen LogP contribution in [-0.4, -0.2) is 15.4 Å². The maximum Gasteiger partial charge on any atom is 0.111 e. The van der Waals surface area contributed by atoms with Crippen LogP contribution in [0.5, 0.6) is 0 Å². The molecule has 0 N–H and O–H groups in total. The average molecular weight is 299 g/mol. The second-order valence-corrected chi connectivity index (χ2v) is 5.80. The minimum atomic E-state index is 0.593. The number of para-hydroxylation sites is 1. The highest BCUT2D eigenvalue weighted by atomic mass is 35.5. The Morgan fingerprint density at radius 3 is 2.52 bits per heavy atom. The van der Waals surface area contributed by atoms with Crippen molar-refractivity contribution in [2.45, 2.75) is 26.8 Å². The number of imidazole rings is 1. The Morgan fingerprint density at radius 2 is 1.76 bits per heavy atom. The summed E-state index contributed by atoms with van der Waals surface area (Å²) in [7, 11) is 0. The molecule has 3 aromatic rings. The smallest absolute Gasteiger partial charge is 0.111 e. The molecule has 0 aliphatic carbocycles. The average Bonchev–Trinajstić information content (AvgIpc) is 2.82. The Morgan fingerprint density at radius 1 is 1.00 bits per heavy atom. The van der Waals surface area contributed by atoms with E-state index in [1.165, 1.54) is 22.2 Å². The zero-order valence-corrected chi connectivity index (χ0v) is 13.2. The third-order valence-electron chi connectivity index (χ3n) is 3.97. The van der Waals surface area contributed by atoms with Gasteiger partial charge in [0.2, 0.25) is 0 Å². The van der Waals surface area contributed by atoms with Crippen molar-refractivity contribution in [3.8, 4) is 0 Å². The van der Waals surface area contributed by atoms with Gasteiger partial charge in [0.25, 0.3) is 0 Å². The monoisotopic (exact) mass is 298 g/mol. The van der Waals surface area contributed by atoms with Gasteiger partial charge >= 0.3 is 0 Å². The third kappa shape index (κ3) is 2.68. The van der Waals surface area contributed by atoms with E-state index < -0.39 is 0 Å². The van der Waals surface area contributed by atoms with Crippen LogP contribution < -0.4 is 0 Å². The van der Waals surface area contributed by atoms with Crippen molar-refractivity contribution in [3.05, 3.63) is 65.0 Å². The molecular formula is C18H19ClN2. The van der Waals surface area contributed by atoms with Gasteiger partial charge in [0.1, 0.15) is 5.82 Å². The van der Waals surface area contributed by atoms with Crippen LogP contribution in [-0.2, 0) is 13.0 Å². The van der Waals surface area contributed by atoms with Gasteiger partial charge in [-0.05, 0) is 36.6 Å². The normalized spacial score (nSPS) is 11.2. The van der Waals surface area contributed by atoms with Gasteiger partial charge in [-0.1, -0.05) is 36.4 Å². The van der Waals surface area contributed by atoms with E-state index in [2.05, 4.69) is 60.9 Å². The maximum absolute atomic E-state index is 5.96. The van der Waals surface area contributed by atoms with E-state index in [9.17, 15) is 0 Å². The summed E-state index contributed by atoms with van der Waals surface area (Å²) < 4.78 is 2.30. The summed E-state index contributed by atoms with van der Waals surface area (Å²) in [6.45, 7) is 5.11. The molecule has 21 heavy (non-hydrogen) atoms. The molecule has 3 heteroatoms. The van der Waals surface area contributed by atoms with Crippen molar-refractivity contribution in [1.29, 1.82) is 0 Å². The highest BCUT2D eigenvalue weighted by molar-refractivity contribution is 6.17. The first-order chi connectivity index (χ1) is 10.2. The largest absolute Gasteiger partial charge is 0.323 e. The van der Waals surface area contributed by atoms with Gasteiger partial charge < -0.3 is 4.57 Å². The molecule has 0 radical (unpaired) electrons. The molecule has 3 rings (SSSR count). The zero-order valence-electron chi connectivity index (χ0n) is 12.4. The number of hydrogen-bond donors (Lipinski definition) is 0. The Bertz CT molecular complexity index is 774. The van der Waals surface area contributed by atoms with Crippen molar-refractivity contribution in [3.63, 3.8) is 0 Å². The molecule has 0 fully saturated rings. The van der Waals surface area contributed by atoms with Crippen LogP contribution in [0.3, 0.4) is 0 Å². The molecule has 0 aliphatic heterocycles. The SMILES string of the molecule is Cc1ccccc1Cn1c(CCCl)nc2c(C)cccc21. The van der Waals surface area contributed by atoms with E-state index in [1.807, 2.05) is 0 Å². The lowest BCUT2D eigenvalue weighted by molar-refractivity contribution is 0.751. The third-order valence-corrected chi connectivity index (χ3v) is 4.16. The van der Waals surface area contributed by atoms with Gasteiger partial charge in [-0.25, -0.2) is 4.98 Å². The summed E-state index contributed by atoms with van der Waals surface area (Å²) in [5.41, 5.74) is 6.13. The highest BCUT2D eigenvalue weighted by Gasteiger charge is 2.12. The van der Waals surface area contributed by atoms with Crippen molar-refractivity contribution in [2.24, 2.45) is 0 Å². The van der Waals surface area contributed by atoms with Crippen LogP contribution >= 0.6 is 11.6 Å². The first kappa shape index (κ1) is 14.2. The van der Waals surface area contributed by atoms with Crippen molar-refractivity contribution >= 4 is 22.6 Å². The van der Waals surface area contributed by atoms with Crippen molar-refractivity contribution in [2.75, 3.05) is 5.88 Å². The first-order valence-corrected chi connectivity index (χ1v) is 7.79. The van der Waals surface area contributed by atoms with Crippen LogP contribution in [0.1, 0.15) is 22.5 Å². The highest BCUT2D eigenvalue weighted by Crippen LogP contribution is 2.22. The predicted octanol–water partition coefficient (Wildman–Crippen LogP) is 4.48. The summed E-state index contributed by atoms with van der Waals surface area (Å²) in [6, 6.07) is 14.9. The number of aryl methyl sites for hydroxylation is 3. The molecule has 2 nitrogen and oxygen atoms in total. The standard InChI is InChI=1S/C18H19ClN2/c1-13-6-3-4-8-15(13)12-21-16-9-5-7-14(2)18(16)20-17(21)10-11-19/h3-9H,10-12H2,1-2H3. The van der Waals surface area contributed by atoms with E-state index in [1.54, 1.807) is 0 Å². The van der Waals surface area contributed by atoms with E-state index in [4.69, 9.17) is 16.6 Å². The molecule has 0 atom stereocenters.